The van der Waals surface area contributed by atoms with Gasteiger partial charge in [-0.1, -0.05) is 92.8 Å². The van der Waals surface area contributed by atoms with Crippen LogP contribution in [0.2, 0.25) is 0 Å². The van der Waals surface area contributed by atoms with E-state index >= 15 is 0 Å². The lowest BCUT2D eigenvalue weighted by molar-refractivity contribution is 0.0979. The number of benzene rings is 2. The van der Waals surface area contributed by atoms with Crippen LogP contribution < -0.4 is 0 Å². The number of ketones is 1. The van der Waals surface area contributed by atoms with Gasteiger partial charge in [-0.3, -0.25) is 4.79 Å². The van der Waals surface area contributed by atoms with E-state index in [4.69, 9.17) is 0 Å². The zero-order chi connectivity index (χ0) is 17.0. The Balaban J connectivity index is 2.04. The van der Waals surface area contributed by atoms with E-state index in [2.05, 4.69) is 30.9 Å². The van der Waals surface area contributed by atoms with Crippen molar-refractivity contribution in [3.63, 3.8) is 0 Å². The molecule has 1 unspecified atom stereocenters. The number of carbonyl (C=O) groups is 1. The molecule has 0 N–H and O–H groups in total. The Bertz CT molecular complexity index is 661. The smallest absolute Gasteiger partial charge is 0.164 e. The van der Waals surface area contributed by atoms with Gasteiger partial charge in [0.1, 0.15) is 0 Å². The van der Waals surface area contributed by atoms with Gasteiger partial charge < -0.3 is 0 Å². The number of Topliss-reactive ketones (excluding diaryl/α,β-unsaturated/α-hetero) is 1. The Hall–Kier alpha value is -2.33. The highest BCUT2D eigenvalue weighted by atomic mass is 16.1. The molecule has 124 valence electrons. The monoisotopic (exact) mass is 318 g/mol. The van der Waals surface area contributed by atoms with E-state index in [1.165, 1.54) is 19.3 Å². The lowest BCUT2D eigenvalue weighted by Crippen LogP contribution is -2.06. The lowest BCUT2D eigenvalue weighted by atomic mass is 9.92. The zero-order valence-corrected chi connectivity index (χ0v) is 14.5. The molecule has 0 aliphatic rings. The van der Waals surface area contributed by atoms with Crippen LogP contribution in [-0.2, 0) is 0 Å². The van der Waals surface area contributed by atoms with Crippen molar-refractivity contribution in [3.8, 4) is 11.8 Å². The van der Waals surface area contributed by atoms with Gasteiger partial charge in [-0.05, 0) is 12.0 Å². The molecule has 1 heteroatoms. The minimum atomic E-state index is -0.0231. The summed E-state index contributed by atoms with van der Waals surface area (Å²) in [6.07, 6.45) is 6.26. The number of carbonyl (C=O) groups excluding carboxylic acids is 1. The topological polar surface area (TPSA) is 17.1 Å². The van der Waals surface area contributed by atoms with Crippen LogP contribution in [0.25, 0.3) is 0 Å². The molecule has 0 heterocycles. The van der Waals surface area contributed by atoms with E-state index < -0.39 is 0 Å². The molecule has 2 aromatic carbocycles. The second kappa shape index (κ2) is 10.4. The molecule has 0 spiro atoms. The van der Waals surface area contributed by atoms with E-state index in [9.17, 15) is 4.79 Å². The Morgan fingerprint density at radius 1 is 0.917 bits per heavy atom. The molecule has 1 atom stereocenters. The van der Waals surface area contributed by atoms with Gasteiger partial charge in [-0.2, -0.15) is 0 Å². The molecule has 2 rings (SSSR count). The number of hydrogen-bond donors (Lipinski definition) is 0. The Morgan fingerprint density at radius 2 is 1.58 bits per heavy atom. The molecule has 0 radical (unpaired) electrons. The largest absolute Gasteiger partial charge is 0.294 e. The maximum absolute atomic E-state index is 12.5. The summed E-state index contributed by atoms with van der Waals surface area (Å²) in [7, 11) is 0. The van der Waals surface area contributed by atoms with Gasteiger partial charge in [-0.25, -0.2) is 0 Å². The third-order valence-corrected chi connectivity index (χ3v) is 4.12. The molecule has 0 saturated heterocycles. The zero-order valence-electron chi connectivity index (χ0n) is 14.5. The lowest BCUT2D eigenvalue weighted by Gasteiger charge is -2.10. The summed E-state index contributed by atoms with van der Waals surface area (Å²) < 4.78 is 0. The average Bonchev–Trinajstić information content (AvgIpc) is 2.65. The highest BCUT2D eigenvalue weighted by molar-refractivity contribution is 5.96. The van der Waals surface area contributed by atoms with Crippen LogP contribution in [0.3, 0.4) is 0 Å². The summed E-state index contributed by atoms with van der Waals surface area (Å²) in [6, 6.07) is 19.7. The van der Waals surface area contributed by atoms with Crippen LogP contribution in [-0.4, -0.2) is 5.78 Å². The summed E-state index contributed by atoms with van der Waals surface area (Å²) >= 11 is 0. The summed E-state index contributed by atoms with van der Waals surface area (Å²) in [4.78, 5) is 12.5. The van der Waals surface area contributed by atoms with E-state index in [0.717, 1.165) is 24.0 Å². The molecule has 0 saturated carbocycles. The fourth-order valence-corrected chi connectivity index (χ4v) is 2.70. The maximum Gasteiger partial charge on any atom is 0.164 e. The second-order valence-electron chi connectivity index (χ2n) is 6.09. The molecule has 2 aromatic rings. The third-order valence-electron chi connectivity index (χ3n) is 4.12. The van der Waals surface area contributed by atoms with Crippen LogP contribution in [0.5, 0.6) is 0 Å². The number of hydrogen-bond acceptors (Lipinski definition) is 1. The van der Waals surface area contributed by atoms with E-state index in [-0.39, 0.29) is 11.7 Å². The van der Waals surface area contributed by atoms with Gasteiger partial charge in [0.25, 0.3) is 0 Å². The number of unbranched alkanes of at least 4 members (excludes halogenated alkanes) is 4. The normalized spacial score (nSPS) is 11.4. The van der Waals surface area contributed by atoms with Crippen molar-refractivity contribution in [1.29, 1.82) is 0 Å². The first kappa shape index (κ1) is 18.0. The minimum Gasteiger partial charge on any atom is -0.294 e. The first-order valence-corrected chi connectivity index (χ1v) is 8.93. The van der Waals surface area contributed by atoms with Gasteiger partial charge in [0.15, 0.2) is 5.78 Å². The van der Waals surface area contributed by atoms with Crippen LogP contribution in [0.15, 0.2) is 60.7 Å². The molecule has 0 aliphatic heterocycles. The molecular weight excluding hydrogens is 292 g/mol. The predicted octanol–water partition coefficient (Wildman–Crippen LogP) is 6.02. The van der Waals surface area contributed by atoms with Gasteiger partial charge in [0.05, 0.1) is 5.92 Å². The van der Waals surface area contributed by atoms with Crippen molar-refractivity contribution >= 4 is 5.78 Å². The van der Waals surface area contributed by atoms with Crippen molar-refractivity contribution < 1.29 is 4.79 Å². The molecular formula is C23H26O. The Labute approximate surface area is 146 Å². The summed E-state index contributed by atoms with van der Waals surface area (Å²) in [6.45, 7) is 2.21. The Morgan fingerprint density at radius 3 is 2.25 bits per heavy atom. The highest BCUT2D eigenvalue weighted by Gasteiger charge is 2.14. The fourth-order valence-electron chi connectivity index (χ4n) is 2.70. The van der Waals surface area contributed by atoms with Crippen LogP contribution >= 0.6 is 0 Å². The highest BCUT2D eigenvalue weighted by Crippen LogP contribution is 2.21. The van der Waals surface area contributed by atoms with Crippen LogP contribution in [0, 0.1) is 11.8 Å². The number of rotatable bonds is 8. The fraction of sp³-hybridized carbons (Fsp3) is 0.348. The first-order valence-electron chi connectivity index (χ1n) is 8.93. The molecule has 24 heavy (non-hydrogen) atoms. The van der Waals surface area contributed by atoms with Crippen LogP contribution in [0.1, 0.15) is 67.3 Å². The van der Waals surface area contributed by atoms with Crippen LogP contribution in [0.4, 0.5) is 0 Å². The summed E-state index contributed by atoms with van der Waals surface area (Å²) in [5.41, 5.74) is 1.89. The van der Waals surface area contributed by atoms with Crippen molar-refractivity contribution in [1.82, 2.24) is 0 Å². The van der Waals surface area contributed by atoms with Gasteiger partial charge in [0, 0.05) is 18.4 Å². The van der Waals surface area contributed by atoms with E-state index in [1.54, 1.807) is 0 Å². The van der Waals surface area contributed by atoms with Crippen molar-refractivity contribution in [2.24, 2.45) is 0 Å². The molecule has 0 aromatic heterocycles. The minimum absolute atomic E-state index is 0.0231. The standard InChI is InChI=1S/C23H26O/c1-2-3-4-5-6-9-18-22(20-14-10-7-11-15-20)19-23(24)21-16-12-8-13-17-21/h7-8,10-17,22H,2-6,19H2,1H3. The van der Waals surface area contributed by atoms with Crippen molar-refractivity contribution in [2.75, 3.05) is 0 Å². The molecule has 0 fully saturated rings. The third kappa shape index (κ3) is 6.05. The van der Waals surface area contributed by atoms with Crippen molar-refractivity contribution in [2.45, 2.75) is 51.4 Å². The average molecular weight is 318 g/mol. The molecule has 0 aliphatic carbocycles. The summed E-state index contributed by atoms with van der Waals surface area (Å²) in [5.74, 6) is 6.77. The molecule has 0 amide bonds. The Kier molecular flexibility index (Phi) is 7.84. The SMILES string of the molecule is CCCCCCC#CC(CC(=O)c1ccccc1)c1ccccc1. The maximum atomic E-state index is 12.5. The first-order chi connectivity index (χ1) is 11.8. The van der Waals surface area contributed by atoms with Gasteiger partial charge >= 0.3 is 0 Å². The van der Waals surface area contributed by atoms with Gasteiger partial charge in [0.2, 0.25) is 0 Å². The molecule has 1 nitrogen and oxygen atoms in total. The van der Waals surface area contributed by atoms with E-state index in [1.807, 2.05) is 48.5 Å². The van der Waals surface area contributed by atoms with Crippen molar-refractivity contribution in [3.05, 3.63) is 71.8 Å². The quantitative estimate of drug-likeness (QED) is 0.330. The van der Waals surface area contributed by atoms with Gasteiger partial charge in [-0.15, -0.1) is 5.92 Å². The van der Waals surface area contributed by atoms with E-state index in [0.29, 0.717) is 6.42 Å². The predicted molar refractivity (Wildman–Crippen MR) is 101 cm³/mol. The summed E-state index contributed by atoms with van der Waals surface area (Å²) in [5, 5.41) is 0. The second-order valence-corrected chi connectivity index (χ2v) is 6.09. The molecule has 0 bridgehead atoms.